The Balaban J connectivity index is 1.83. The van der Waals surface area contributed by atoms with Crippen LogP contribution in [0.25, 0.3) is 0 Å². The Morgan fingerprint density at radius 2 is 2.19 bits per heavy atom. The molecule has 3 rings (SSSR count). The molecule has 1 aliphatic heterocycles. The smallest absolute Gasteiger partial charge is 0.330 e. The van der Waals surface area contributed by atoms with Crippen molar-refractivity contribution in [2.24, 2.45) is 0 Å². The van der Waals surface area contributed by atoms with Crippen molar-refractivity contribution >= 4 is 0 Å². The van der Waals surface area contributed by atoms with Crippen LogP contribution in [0.15, 0.2) is 36.8 Å². The van der Waals surface area contributed by atoms with Gasteiger partial charge in [-0.15, -0.1) is 0 Å². The fraction of sp³-hybridized carbons (Fsp3) is 0.400. The van der Waals surface area contributed by atoms with Gasteiger partial charge in [-0.05, 0) is 30.7 Å². The zero-order chi connectivity index (χ0) is 14.9. The third-order valence-electron chi connectivity index (χ3n) is 3.83. The van der Waals surface area contributed by atoms with E-state index in [0.29, 0.717) is 18.0 Å². The largest absolute Gasteiger partial charge is 0.416 e. The van der Waals surface area contributed by atoms with E-state index in [1.807, 2.05) is 10.8 Å². The van der Waals surface area contributed by atoms with Crippen molar-refractivity contribution in [3.05, 3.63) is 53.6 Å². The molecule has 1 aromatic carbocycles. The lowest BCUT2D eigenvalue weighted by Gasteiger charge is -2.14. The van der Waals surface area contributed by atoms with Gasteiger partial charge in [0.2, 0.25) is 0 Å². The van der Waals surface area contributed by atoms with Crippen LogP contribution in [0.5, 0.6) is 0 Å². The molecule has 1 N–H and O–H groups in total. The van der Waals surface area contributed by atoms with Crippen LogP contribution in [0.2, 0.25) is 0 Å². The molecule has 2 aromatic rings. The van der Waals surface area contributed by atoms with Crippen LogP contribution in [-0.2, 0) is 12.7 Å². The van der Waals surface area contributed by atoms with Gasteiger partial charge in [0.05, 0.1) is 11.9 Å². The Morgan fingerprint density at radius 1 is 1.33 bits per heavy atom. The van der Waals surface area contributed by atoms with Crippen LogP contribution >= 0.6 is 0 Å². The summed E-state index contributed by atoms with van der Waals surface area (Å²) >= 11 is 0. The molecule has 1 saturated heterocycles. The predicted molar refractivity (Wildman–Crippen MR) is 73.0 cm³/mol. The first kappa shape index (κ1) is 14.1. The van der Waals surface area contributed by atoms with Crippen LogP contribution < -0.4 is 5.32 Å². The lowest BCUT2D eigenvalue weighted by atomic mass is 10.1. The maximum Gasteiger partial charge on any atom is 0.416 e. The molecule has 0 saturated carbocycles. The average molecular weight is 295 g/mol. The van der Waals surface area contributed by atoms with E-state index in [9.17, 15) is 13.2 Å². The quantitative estimate of drug-likeness (QED) is 0.943. The second-order valence-corrected chi connectivity index (χ2v) is 5.33. The first-order valence-corrected chi connectivity index (χ1v) is 6.91. The van der Waals surface area contributed by atoms with E-state index >= 15 is 0 Å². The van der Waals surface area contributed by atoms with Crippen LogP contribution in [0.3, 0.4) is 0 Å². The van der Waals surface area contributed by atoms with Gasteiger partial charge in [-0.25, -0.2) is 4.98 Å². The fourth-order valence-electron chi connectivity index (χ4n) is 2.75. The van der Waals surface area contributed by atoms with Gasteiger partial charge in [0.15, 0.2) is 0 Å². The van der Waals surface area contributed by atoms with Gasteiger partial charge in [0.25, 0.3) is 0 Å². The monoisotopic (exact) mass is 295 g/mol. The molecule has 1 fully saturated rings. The maximum absolute atomic E-state index is 12.7. The minimum Gasteiger partial charge on any atom is -0.330 e. The summed E-state index contributed by atoms with van der Waals surface area (Å²) in [6, 6.07) is 5.47. The maximum atomic E-state index is 12.7. The van der Waals surface area contributed by atoms with E-state index in [1.165, 1.54) is 12.1 Å². The van der Waals surface area contributed by atoms with E-state index in [2.05, 4.69) is 10.3 Å². The standard InChI is InChI=1S/C15H16F3N3/c16-15(17,18)13-3-1-2-11(6-13)9-21-10-20-8-14(21)12-4-5-19-7-12/h1-3,6,8,10,12,19H,4-5,7,9H2. The molecule has 1 unspecified atom stereocenters. The summed E-state index contributed by atoms with van der Waals surface area (Å²) in [4.78, 5) is 4.15. The van der Waals surface area contributed by atoms with Crippen molar-refractivity contribution in [2.45, 2.75) is 25.1 Å². The molecule has 2 heterocycles. The third-order valence-corrected chi connectivity index (χ3v) is 3.83. The Labute approximate surface area is 120 Å². The third kappa shape index (κ3) is 3.10. The van der Waals surface area contributed by atoms with E-state index in [0.717, 1.165) is 31.3 Å². The number of alkyl halides is 3. The predicted octanol–water partition coefficient (Wildman–Crippen LogP) is 3.03. The summed E-state index contributed by atoms with van der Waals surface area (Å²) in [6.07, 6.45) is 0.233. The average Bonchev–Trinajstić information content (AvgIpc) is 3.08. The summed E-state index contributed by atoms with van der Waals surface area (Å²) in [6.45, 7) is 2.28. The highest BCUT2D eigenvalue weighted by atomic mass is 19.4. The van der Waals surface area contributed by atoms with Crippen LogP contribution in [0, 0.1) is 0 Å². The van der Waals surface area contributed by atoms with Crippen LogP contribution in [-0.4, -0.2) is 22.6 Å². The van der Waals surface area contributed by atoms with E-state index < -0.39 is 11.7 Å². The molecule has 0 bridgehead atoms. The van der Waals surface area contributed by atoms with Gasteiger partial charge in [-0.1, -0.05) is 12.1 Å². The molecule has 1 aromatic heterocycles. The lowest BCUT2D eigenvalue weighted by Crippen LogP contribution is -2.12. The van der Waals surface area contributed by atoms with Crippen LogP contribution in [0.4, 0.5) is 13.2 Å². The number of imidazole rings is 1. The fourth-order valence-corrected chi connectivity index (χ4v) is 2.75. The molecule has 21 heavy (non-hydrogen) atoms. The molecule has 0 amide bonds. The topological polar surface area (TPSA) is 29.9 Å². The molecule has 112 valence electrons. The van der Waals surface area contributed by atoms with Gasteiger partial charge >= 0.3 is 6.18 Å². The van der Waals surface area contributed by atoms with Crippen LogP contribution in [0.1, 0.15) is 29.2 Å². The minimum atomic E-state index is -4.30. The van der Waals surface area contributed by atoms with E-state index in [4.69, 9.17) is 0 Å². The first-order valence-electron chi connectivity index (χ1n) is 6.91. The van der Waals surface area contributed by atoms with Crippen molar-refractivity contribution in [2.75, 3.05) is 13.1 Å². The summed E-state index contributed by atoms with van der Waals surface area (Å²) < 4.78 is 40.2. The highest BCUT2D eigenvalue weighted by Gasteiger charge is 2.30. The van der Waals surface area contributed by atoms with E-state index in [-0.39, 0.29) is 0 Å². The van der Waals surface area contributed by atoms with Crippen molar-refractivity contribution in [1.29, 1.82) is 0 Å². The molecule has 3 nitrogen and oxygen atoms in total. The van der Waals surface area contributed by atoms with Gasteiger partial charge < -0.3 is 9.88 Å². The number of halogens is 3. The normalized spacial score (nSPS) is 19.1. The summed E-state index contributed by atoms with van der Waals surface area (Å²) in [5, 5.41) is 3.29. The Kier molecular flexibility index (Phi) is 3.71. The van der Waals surface area contributed by atoms with Gasteiger partial charge in [-0.3, -0.25) is 0 Å². The molecular formula is C15H16F3N3. The van der Waals surface area contributed by atoms with Crippen molar-refractivity contribution < 1.29 is 13.2 Å². The van der Waals surface area contributed by atoms with Crippen molar-refractivity contribution in [1.82, 2.24) is 14.9 Å². The second-order valence-electron chi connectivity index (χ2n) is 5.33. The molecule has 0 radical (unpaired) electrons. The highest BCUT2D eigenvalue weighted by Crippen LogP contribution is 2.30. The number of aromatic nitrogens is 2. The minimum absolute atomic E-state index is 0.387. The Morgan fingerprint density at radius 3 is 2.90 bits per heavy atom. The number of rotatable bonds is 3. The van der Waals surface area contributed by atoms with Crippen molar-refractivity contribution in [3.63, 3.8) is 0 Å². The van der Waals surface area contributed by atoms with Gasteiger partial charge in [0, 0.05) is 30.9 Å². The molecule has 1 aliphatic rings. The zero-order valence-electron chi connectivity index (χ0n) is 11.4. The van der Waals surface area contributed by atoms with E-state index in [1.54, 1.807) is 12.4 Å². The summed E-state index contributed by atoms with van der Waals surface area (Å²) in [5.74, 6) is 0.387. The molecule has 0 spiro atoms. The van der Waals surface area contributed by atoms with Crippen molar-refractivity contribution in [3.8, 4) is 0 Å². The summed E-state index contributed by atoms with van der Waals surface area (Å²) in [5.41, 5.74) is 1.11. The lowest BCUT2D eigenvalue weighted by molar-refractivity contribution is -0.137. The van der Waals surface area contributed by atoms with Gasteiger partial charge in [-0.2, -0.15) is 13.2 Å². The molecule has 0 aliphatic carbocycles. The number of hydrogen-bond acceptors (Lipinski definition) is 2. The highest BCUT2D eigenvalue weighted by molar-refractivity contribution is 5.26. The Bertz CT molecular complexity index is 613. The summed E-state index contributed by atoms with van der Waals surface area (Å²) in [7, 11) is 0. The van der Waals surface area contributed by atoms with Gasteiger partial charge in [0.1, 0.15) is 0 Å². The molecule has 6 heteroatoms. The molecular weight excluding hydrogens is 279 g/mol. The Hall–Kier alpha value is -1.82. The zero-order valence-corrected chi connectivity index (χ0v) is 11.4. The number of nitrogens with one attached hydrogen (secondary N) is 1. The number of benzene rings is 1. The first-order chi connectivity index (χ1) is 10.0. The number of hydrogen-bond donors (Lipinski definition) is 1. The molecule has 1 atom stereocenters. The number of nitrogens with zero attached hydrogens (tertiary/aromatic N) is 2. The second kappa shape index (κ2) is 5.52. The SMILES string of the molecule is FC(F)(F)c1cccc(Cn2cncc2C2CCNC2)c1.